The zero-order valence-corrected chi connectivity index (χ0v) is 22.7. The second kappa shape index (κ2) is 10.3. The number of anilines is 1. The van der Waals surface area contributed by atoms with Gasteiger partial charge in [0.2, 0.25) is 15.9 Å². The molecule has 0 amide bonds. The van der Waals surface area contributed by atoms with E-state index in [9.17, 15) is 16.8 Å². The number of sulfone groups is 1. The van der Waals surface area contributed by atoms with Crippen molar-refractivity contribution in [1.29, 1.82) is 0 Å². The Bertz CT molecular complexity index is 1440. The summed E-state index contributed by atoms with van der Waals surface area (Å²) in [5.74, 6) is 1.41. The number of nitrogens with zero attached hydrogens (tertiary/aromatic N) is 6. The number of rotatable bonds is 8. The fraction of sp³-hybridized carbons (Fsp3) is 0.652. The van der Waals surface area contributed by atoms with E-state index in [1.54, 1.807) is 10.6 Å². The second-order valence-electron chi connectivity index (χ2n) is 10.3. The average Bonchev–Trinajstić information content (AvgIpc) is 3.52. The lowest BCUT2D eigenvalue weighted by molar-refractivity contribution is 0.267. The zero-order chi connectivity index (χ0) is 26.2. The highest BCUT2D eigenvalue weighted by Gasteiger charge is 2.34. The molecule has 1 aliphatic heterocycles. The van der Waals surface area contributed by atoms with E-state index in [1.807, 2.05) is 19.3 Å². The lowest BCUT2D eigenvalue weighted by Crippen LogP contribution is -2.42. The minimum Gasteiger partial charge on any atom is -0.356 e. The summed E-state index contributed by atoms with van der Waals surface area (Å²) in [7, 11) is -4.57. The Balaban J connectivity index is 1.12. The molecule has 2 fully saturated rings. The highest BCUT2D eigenvalue weighted by Crippen LogP contribution is 2.34. The van der Waals surface area contributed by atoms with Crippen LogP contribution in [0, 0.1) is 5.92 Å². The van der Waals surface area contributed by atoms with Crippen LogP contribution >= 0.6 is 0 Å². The van der Waals surface area contributed by atoms with E-state index in [0.717, 1.165) is 48.8 Å². The highest BCUT2D eigenvalue weighted by molar-refractivity contribution is 7.89. The Morgan fingerprint density at radius 3 is 2.51 bits per heavy atom. The first-order valence-corrected chi connectivity index (χ1v) is 16.2. The molecule has 0 bridgehead atoms. The van der Waals surface area contributed by atoms with Crippen molar-refractivity contribution >= 4 is 36.7 Å². The van der Waals surface area contributed by atoms with Gasteiger partial charge in [-0.3, -0.25) is 0 Å². The molecule has 1 saturated heterocycles. The molecule has 2 aliphatic rings. The maximum absolute atomic E-state index is 13.2. The molecule has 0 spiro atoms. The molecule has 3 aromatic heterocycles. The second-order valence-corrected chi connectivity index (χ2v) is 14.4. The normalized spacial score (nSPS) is 22.4. The van der Waals surface area contributed by atoms with Gasteiger partial charge in [-0.05, 0) is 50.5 Å². The van der Waals surface area contributed by atoms with Gasteiger partial charge in [-0.15, -0.1) is 0 Å². The molecule has 12 nitrogen and oxygen atoms in total. The lowest BCUT2D eigenvalue weighted by atomic mass is 9.86. The third kappa shape index (κ3) is 5.96. The van der Waals surface area contributed by atoms with Crippen LogP contribution in [0.5, 0.6) is 0 Å². The van der Waals surface area contributed by atoms with Crippen LogP contribution in [-0.4, -0.2) is 84.4 Å². The van der Waals surface area contributed by atoms with Crippen molar-refractivity contribution in [3.8, 4) is 0 Å². The molecule has 1 aliphatic carbocycles. The third-order valence-corrected chi connectivity index (χ3v) is 10.4. The summed E-state index contributed by atoms with van der Waals surface area (Å²) in [6.45, 7) is 0.796. The number of sulfonamides is 1. The number of H-pyrrole nitrogens is 1. The van der Waals surface area contributed by atoms with Crippen molar-refractivity contribution in [1.82, 2.24) is 29.4 Å². The average molecular weight is 552 g/mol. The molecule has 1 N–H and O–H groups in total. The van der Waals surface area contributed by atoms with Crippen LogP contribution in [0.15, 0.2) is 23.1 Å². The van der Waals surface area contributed by atoms with E-state index < -0.39 is 19.9 Å². The Hall–Kier alpha value is -2.58. The van der Waals surface area contributed by atoms with Gasteiger partial charge in [0.1, 0.15) is 23.5 Å². The topological polar surface area (TPSA) is 155 Å². The fourth-order valence-electron chi connectivity index (χ4n) is 5.52. The molecule has 202 valence electrons. The number of aromatic amines is 1. The smallest absolute Gasteiger partial charge is 0.229 e. The first-order chi connectivity index (χ1) is 17.6. The summed E-state index contributed by atoms with van der Waals surface area (Å²) in [6.07, 6.45) is 9.25. The first-order valence-electron chi connectivity index (χ1n) is 12.6. The van der Waals surface area contributed by atoms with E-state index in [1.165, 1.54) is 0 Å². The highest BCUT2D eigenvalue weighted by atomic mass is 32.2. The monoisotopic (exact) mass is 551 g/mol. The molecule has 0 unspecified atom stereocenters. The minimum atomic E-state index is -3.37. The predicted molar refractivity (Wildman–Crippen MR) is 138 cm³/mol. The zero-order valence-electron chi connectivity index (χ0n) is 21.1. The molecule has 0 atom stereocenters. The minimum absolute atomic E-state index is 0.0634. The van der Waals surface area contributed by atoms with Gasteiger partial charge < -0.3 is 14.4 Å². The van der Waals surface area contributed by atoms with Crippen LogP contribution in [0.4, 0.5) is 5.82 Å². The van der Waals surface area contributed by atoms with Crippen molar-refractivity contribution in [3.63, 3.8) is 0 Å². The van der Waals surface area contributed by atoms with Crippen LogP contribution < -0.4 is 4.90 Å². The Morgan fingerprint density at radius 1 is 1.08 bits per heavy atom. The number of fused-ring (bicyclic) bond motifs is 1. The molecule has 0 radical (unpaired) electrons. The standard InChI is InChI=1S/C23H33N7O5S2/c1-29(22-19-7-10-24-21(19)25-15-26-22)18-5-3-16(4-6-18)13-37(33,34)30-11-8-17(9-12-30)23-27-20(28-35-23)14-36(2,31)32/h7,10,15-18H,3-6,8-9,11-14H2,1-2H3,(H,24,25,26). The van der Waals surface area contributed by atoms with Crippen molar-refractivity contribution in [2.75, 3.05) is 37.0 Å². The molecule has 1 saturated carbocycles. The number of hydrogen-bond donors (Lipinski definition) is 1. The van der Waals surface area contributed by atoms with E-state index in [-0.39, 0.29) is 29.2 Å². The lowest BCUT2D eigenvalue weighted by Gasteiger charge is -2.36. The van der Waals surface area contributed by atoms with E-state index in [4.69, 9.17) is 4.52 Å². The van der Waals surface area contributed by atoms with Gasteiger partial charge in [-0.25, -0.2) is 31.1 Å². The number of nitrogens with one attached hydrogen (secondary N) is 1. The summed E-state index contributed by atoms with van der Waals surface area (Å²) in [5.41, 5.74) is 0.814. The Morgan fingerprint density at radius 2 is 1.81 bits per heavy atom. The van der Waals surface area contributed by atoms with Crippen molar-refractivity contribution in [3.05, 3.63) is 30.3 Å². The fourth-order valence-corrected chi connectivity index (χ4v) is 8.02. The van der Waals surface area contributed by atoms with E-state index in [2.05, 4.69) is 30.0 Å². The van der Waals surface area contributed by atoms with Gasteiger partial charge in [0.05, 0.1) is 11.1 Å². The van der Waals surface area contributed by atoms with E-state index >= 15 is 0 Å². The number of piperidine rings is 1. The van der Waals surface area contributed by atoms with Gasteiger partial charge in [-0.1, -0.05) is 5.16 Å². The predicted octanol–water partition coefficient (Wildman–Crippen LogP) is 2.09. The van der Waals surface area contributed by atoms with Gasteiger partial charge >= 0.3 is 0 Å². The Kier molecular flexibility index (Phi) is 7.24. The molecule has 3 aromatic rings. The quantitative estimate of drug-likeness (QED) is 0.440. The largest absolute Gasteiger partial charge is 0.356 e. The molecular formula is C23H33N7O5S2. The molecule has 0 aromatic carbocycles. The molecule has 37 heavy (non-hydrogen) atoms. The van der Waals surface area contributed by atoms with E-state index in [0.29, 0.717) is 37.9 Å². The molecule has 5 rings (SSSR count). The maximum atomic E-state index is 13.2. The summed E-state index contributed by atoms with van der Waals surface area (Å²) < 4.78 is 56.1. The maximum Gasteiger partial charge on any atom is 0.229 e. The van der Waals surface area contributed by atoms with Crippen molar-refractivity contribution in [2.24, 2.45) is 5.92 Å². The third-order valence-electron chi connectivity index (χ3n) is 7.55. The summed E-state index contributed by atoms with van der Waals surface area (Å²) in [5, 5.41) is 4.75. The van der Waals surface area contributed by atoms with Crippen LogP contribution in [0.1, 0.15) is 56.2 Å². The summed E-state index contributed by atoms with van der Waals surface area (Å²) in [6, 6.07) is 2.29. The van der Waals surface area contributed by atoms with Crippen molar-refractivity contribution < 1.29 is 21.4 Å². The Labute approximate surface area is 216 Å². The van der Waals surface area contributed by atoms with Crippen LogP contribution in [0.2, 0.25) is 0 Å². The van der Waals surface area contributed by atoms with Crippen LogP contribution in [0.25, 0.3) is 11.0 Å². The van der Waals surface area contributed by atoms with Crippen LogP contribution in [-0.2, 0) is 25.6 Å². The molecule has 4 heterocycles. The summed E-state index contributed by atoms with van der Waals surface area (Å²) >= 11 is 0. The van der Waals surface area contributed by atoms with Gasteiger partial charge in [0, 0.05) is 44.5 Å². The summed E-state index contributed by atoms with van der Waals surface area (Å²) in [4.78, 5) is 18.3. The SMILES string of the molecule is CN(c1ncnc2[nH]ccc12)C1CCC(CS(=O)(=O)N2CCC(c3nc(CS(C)(=O)=O)no3)CC2)CC1. The van der Waals surface area contributed by atoms with Gasteiger partial charge in [0.25, 0.3) is 0 Å². The molecular weight excluding hydrogens is 518 g/mol. The van der Waals surface area contributed by atoms with Crippen LogP contribution in [0.3, 0.4) is 0 Å². The first kappa shape index (κ1) is 26.0. The molecule has 14 heteroatoms. The van der Waals surface area contributed by atoms with Crippen molar-refractivity contribution in [2.45, 2.75) is 56.2 Å². The number of hydrogen-bond acceptors (Lipinski definition) is 10. The van der Waals surface area contributed by atoms with Gasteiger partial charge in [-0.2, -0.15) is 4.98 Å². The van der Waals surface area contributed by atoms with Gasteiger partial charge in [0.15, 0.2) is 15.7 Å². The number of aromatic nitrogens is 5.